The van der Waals surface area contributed by atoms with Crippen LogP contribution in [0.4, 0.5) is 0 Å². The molecule has 0 radical (unpaired) electrons. The highest BCUT2D eigenvalue weighted by molar-refractivity contribution is 5.93. The molecule has 0 amide bonds. The van der Waals surface area contributed by atoms with Crippen molar-refractivity contribution in [1.29, 1.82) is 0 Å². The molecule has 0 spiro atoms. The van der Waals surface area contributed by atoms with Crippen LogP contribution < -0.4 is 0 Å². The van der Waals surface area contributed by atoms with Gasteiger partial charge in [-0.2, -0.15) is 0 Å². The third kappa shape index (κ3) is 2.36. The minimum absolute atomic E-state index is 0.476. The van der Waals surface area contributed by atoms with Gasteiger partial charge in [0.2, 0.25) is 0 Å². The van der Waals surface area contributed by atoms with Gasteiger partial charge in [0.25, 0.3) is 0 Å². The fraction of sp³-hybridized carbons (Fsp3) is 0.200. The third-order valence-electron chi connectivity index (χ3n) is 6.05. The average Bonchev–Trinajstić information content (AvgIpc) is 2.67. The van der Waals surface area contributed by atoms with Gasteiger partial charge in [-0.15, -0.1) is 0 Å². The molecule has 25 heavy (non-hydrogen) atoms. The van der Waals surface area contributed by atoms with E-state index in [1.807, 2.05) is 0 Å². The Morgan fingerprint density at radius 3 is 2.52 bits per heavy atom. The van der Waals surface area contributed by atoms with E-state index >= 15 is 0 Å². The molecule has 0 aliphatic heterocycles. The minimum Gasteiger partial charge on any atom is -0.0992 e. The lowest BCUT2D eigenvalue weighted by atomic mass is 9.64. The lowest BCUT2D eigenvalue weighted by molar-refractivity contribution is 0.396. The van der Waals surface area contributed by atoms with Gasteiger partial charge < -0.3 is 0 Å². The van der Waals surface area contributed by atoms with E-state index in [4.69, 9.17) is 0 Å². The van der Waals surface area contributed by atoms with Crippen LogP contribution in [0.3, 0.4) is 0 Å². The SMILES string of the molecule is C=C1CC(c2ccccc2)CC2C=Cc3c(ccc4ccccc34)C12. The zero-order valence-electron chi connectivity index (χ0n) is 14.4. The summed E-state index contributed by atoms with van der Waals surface area (Å²) >= 11 is 0. The van der Waals surface area contributed by atoms with Gasteiger partial charge in [0.1, 0.15) is 0 Å². The molecule has 0 N–H and O–H groups in total. The second-order valence-corrected chi connectivity index (χ2v) is 7.50. The highest BCUT2D eigenvalue weighted by atomic mass is 14.4. The fourth-order valence-electron chi connectivity index (χ4n) is 4.90. The van der Waals surface area contributed by atoms with Crippen molar-refractivity contribution in [3.63, 3.8) is 0 Å². The second kappa shape index (κ2) is 5.74. The number of benzene rings is 3. The van der Waals surface area contributed by atoms with Gasteiger partial charge in [0.15, 0.2) is 0 Å². The highest BCUT2D eigenvalue weighted by Gasteiger charge is 2.36. The van der Waals surface area contributed by atoms with Crippen LogP contribution in [0.15, 0.2) is 85.0 Å². The second-order valence-electron chi connectivity index (χ2n) is 7.50. The lowest BCUT2D eigenvalue weighted by Gasteiger charge is -2.40. The van der Waals surface area contributed by atoms with E-state index < -0.39 is 0 Å². The molecule has 0 bridgehead atoms. The molecule has 3 aromatic carbocycles. The molecule has 0 heterocycles. The molecule has 0 aromatic heterocycles. The van der Waals surface area contributed by atoms with Crippen LogP contribution in [-0.2, 0) is 0 Å². The number of hydrogen-bond donors (Lipinski definition) is 0. The predicted molar refractivity (Wildman–Crippen MR) is 107 cm³/mol. The summed E-state index contributed by atoms with van der Waals surface area (Å²) in [5.41, 5.74) is 5.73. The van der Waals surface area contributed by atoms with E-state index in [0.717, 1.165) is 6.42 Å². The Bertz CT molecular complexity index is 977. The van der Waals surface area contributed by atoms with Gasteiger partial charge in [-0.3, -0.25) is 0 Å². The van der Waals surface area contributed by atoms with Crippen LogP contribution in [0, 0.1) is 5.92 Å². The van der Waals surface area contributed by atoms with Crippen molar-refractivity contribution < 1.29 is 0 Å². The largest absolute Gasteiger partial charge is 0.0992 e. The molecule has 1 fully saturated rings. The molecule has 1 saturated carbocycles. The van der Waals surface area contributed by atoms with E-state index in [1.54, 1.807) is 0 Å². The van der Waals surface area contributed by atoms with Gasteiger partial charge in [-0.1, -0.05) is 91.0 Å². The molecule has 3 unspecified atom stereocenters. The monoisotopic (exact) mass is 322 g/mol. The topological polar surface area (TPSA) is 0 Å². The van der Waals surface area contributed by atoms with E-state index in [2.05, 4.69) is 85.5 Å². The zero-order valence-corrected chi connectivity index (χ0v) is 14.4. The zero-order chi connectivity index (χ0) is 16.8. The van der Waals surface area contributed by atoms with Crippen LogP contribution in [0.2, 0.25) is 0 Å². The summed E-state index contributed by atoms with van der Waals surface area (Å²) in [6.45, 7) is 4.52. The Morgan fingerprint density at radius 1 is 0.840 bits per heavy atom. The van der Waals surface area contributed by atoms with E-state index in [9.17, 15) is 0 Å². The predicted octanol–water partition coefficient (Wildman–Crippen LogP) is 6.70. The van der Waals surface area contributed by atoms with E-state index in [1.165, 1.54) is 39.5 Å². The molecule has 2 aliphatic rings. The van der Waals surface area contributed by atoms with Crippen LogP contribution in [-0.4, -0.2) is 0 Å². The maximum Gasteiger partial charge on any atom is 0.0115 e. The van der Waals surface area contributed by atoms with Crippen LogP contribution in [0.25, 0.3) is 16.8 Å². The number of fused-ring (bicyclic) bond motifs is 5. The Labute approximate surface area is 149 Å². The van der Waals surface area contributed by atoms with Crippen molar-refractivity contribution in [3.05, 3.63) is 102 Å². The summed E-state index contributed by atoms with van der Waals surface area (Å²) in [7, 11) is 0. The first-order valence-corrected chi connectivity index (χ1v) is 9.24. The third-order valence-corrected chi connectivity index (χ3v) is 6.05. The quantitative estimate of drug-likeness (QED) is 0.437. The molecule has 2 aliphatic carbocycles. The molecule has 5 rings (SSSR count). The number of rotatable bonds is 1. The first-order valence-electron chi connectivity index (χ1n) is 9.24. The molecule has 3 aromatic rings. The van der Waals surface area contributed by atoms with Gasteiger partial charge >= 0.3 is 0 Å². The van der Waals surface area contributed by atoms with E-state index in [-0.39, 0.29) is 0 Å². The maximum absolute atomic E-state index is 4.52. The fourth-order valence-corrected chi connectivity index (χ4v) is 4.90. The summed E-state index contributed by atoms with van der Waals surface area (Å²) in [6, 6.07) is 24.3. The van der Waals surface area contributed by atoms with Gasteiger partial charge in [-0.25, -0.2) is 0 Å². The molecule has 3 atom stereocenters. The number of hydrogen-bond acceptors (Lipinski definition) is 0. The lowest BCUT2D eigenvalue weighted by Crippen LogP contribution is -2.25. The van der Waals surface area contributed by atoms with Crippen LogP contribution in [0.5, 0.6) is 0 Å². The molecule has 0 saturated heterocycles. The van der Waals surface area contributed by atoms with Gasteiger partial charge in [-0.05, 0) is 52.1 Å². The molecular formula is C25H22. The minimum atomic E-state index is 0.476. The molecule has 0 nitrogen and oxygen atoms in total. The van der Waals surface area contributed by atoms with Crippen LogP contribution >= 0.6 is 0 Å². The summed E-state index contributed by atoms with van der Waals surface area (Å²) in [5.74, 6) is 1.64. The Balaban J connectivity index is 1.56. The Morgan fingerprint density at radius 2 is 1.64 bits per heavy atom. The summed E-state index contributed by atoms with van der Waals surface area (Å²) < 4.78 is 0. The van der Waals surface area contributed by atoms with E-state index in [0.29, 0.717) is 17.8 Å². The van der Waals surface area contributed by atoms with Crippen molar-refractivity contribution in [2.45, 2.75) is 24.7 Å². The smallest absolute Gasteiger partial charge is 0.0115 e. The van der Waals surface area contributed by atoms with Crippen molar-refractivity contribution in [2.75, 3.05) is 0 Å². The highest BCUT2D eigenvalue weighted by Crippen LogP contribution is 2.51. The summed E-state index contributed by atoms with van der Waals surface area (Å²) in [5, 5.41) is 2.70. The maximum atomic E-state index is 4.52. The summed E-state index contributed by atoms with van der Waals surface area (Å²) in [6.07, 6.45) is 7.13. The van der Waals surface area contributed by atoms with Gasteiger partial charge in [0.05, 0.1) is 0 Å². The first-order chi connectivity index (χ1) is 12.3. The Kier molecular flexibility index (Phi) is 3.38. The Hall–Kier alpha value is -2.60. The normalized spacial score (nSPS) is 24.8. The van der Waals surface area contributed by atoms with Crippen molar-refractivity contribution in [2.24, 2.45) is 5.92 Å². The standard InChI is InChI=1S/C25H22/c1-17-15-21(18-7-3-2-4-8-18)16-20-12-13-23-22-10-6-5-9-19(22)11-14-24(23)25(17)20/h2-14,20-21,25H,1,15-16H2. The van der Waals surface area contributed by atoms with Crippen molar-refractivity contribution >= 4 is 16.8 Å². The van der Waals surface area contributed by atoms with Gasteiger partial charge in [0, 0.05) is 5.92 Å². The number of allylic oxidation sites excluding steroid dienone is 2. The molecule has 0 heteroatoms. The summed E-state index contributed by atoms with van der Waals surface area (Å²) in [4.78, 5) is 0. The van der Waals surface area contributed by atoms with Crippen LogP contribution in [0.1, 0.15) is 41.4 Å². The first kappa shape index (κ1) is 14.7. The molecular weight excluding hydrogens is 300 g/mol. The van der Waals surface area contributed by atoms with Crippen molar-refractivity contribution in [3.8, 4) is 0 Å². The average molecular weight is 322 g/mol. The molecule has 122 valence electrons. The van der Waals surface area contributed by atoms with Crippen molar-refractivity contribution in [1.82, 2.24) is 0 Å².